The molecule has 6 nitrogen and oxygen atoms in total. The molecular weight excluding hydrogens is 410 g/mol. The summed E-state index contributed by atoms with van der Waals surface area (Å²) in [6, 6.07) is 15.8. The summed E-state index contributed by atoms with van der Waals surface area (Å²) in [5, 5.41) is 2.62. The van der Waals surface area contributed by atoms with E-state index < -0.39 is 15.6 Å². The van der Waals surface area contributed by atoms with Gasteiger partial charge in [0.2, 0.25) is 5.91 Å². The van der Waals surface area contributed by atoms with Gasteiger partial charge in [0, 0.05) is 47.3 Å². The predicted octanol–water partition coefficient (Wildman–Crippen LogP) is 4.05. The molecule has 0 saturated heterocycles. The number of anilines is 1. The van der Waals surface area contributed by atoms with Crippen molar-refractivity contribution in [2.45, 2.75) is 18.7 Å². The molecule has 2 amide bonds. The molecule has 0 bridgehead atoms. The third-order valence-electron chi connectivity index (χ3n) is 4.20. The highest BCUT2D eigenvalue weighted by molar-refractivity contribution is 7.93. The second kappa shape index (κ2) is 9.37. The van der Waals surface area contributed by atoms with Crippen molar-refractivity contribution in [3.05, 3.63) is 89.2 Å². The van der Waals surface area contributed by atoms with Gasteiger partial charge < -0.3 is 5.32 Å². The second-order valence-corrected chi connectivity index (χ2v) is 9.25. The first-order valence-electron chi connectivity index (χ1n) is 9.41. The van der Waals surface area contributed by atoms with Crippen molar-refractivity contribution in [2.24, 2.45) is 4.36 Å². The molecule has 0 aliphatic carbocycles. The van der Waals surface area contributed by atoms with Crippen LogP contribution in [-0.2, 0) is 14.5 Å². The summed E-state index contributed by atoms with van der Waals surface area (Å²) in [6.07, 6.45) is 4.30. The number of pyridine rings is 1. The highest BCUT2D eigenvalue weighted by Gasteiger charge is 2.13. The molecule has 0 fully saturated rings. The minimum Gasteiger partial charge on any atom is -0.326 e. The van der Waals surface area contributed by atoms with Gasteiger partial charge in [0.1, 0.15) is 0 Å². The van der Waals surface area contributed by atoms with E-state index in [0.29, 0.717) is 16.1 Å². The highest BCUT2D eigenvalue weighted by atomic mass is 32.2. The lowest BCUT2D eigenvalue weighted by atomic mass is 10.1. The van der Waals surface area contributed by atoms with Crippen LogP contribution in [0.25, 0.3) is 0 Å². The van der Waals surface area contributed by atoms with Crippen LogP contribution in [0.3, 0.4) is 0 Å². The Morgan fingerprint density at radius 3 is 2.48 bits per heavy atom. The number of hydrogen-bond donors (Lipinski definition) is 1. The summed E-state index contributed by atoms with van der Waals surface area (Å²) in [5.41, 5.74) is 3.20. The summed E-state index contributed by atoms with van der Waals surface area (Å²) in [5.74, 6) is 5.13. The number of benzene rings is 2. The normalized spacial score (nSPS) is 12.1. The van der Waals surface area contributed by atoms with E-state index >= 15 is 0 Å². The molecule has 7 heteroatoms. The Morgan fingerprint density at radius 2 is 1.74 bits per heavy atom. The van der Waals surface area contributed by atoms with Gasteiger partial charge in [0.25, 0.3) is 5.91 Å². The average Bonchev–Trinajstić information content (AvgIpc) is 2.72. The number of aromatic nitrogens is 1. The number of hydrogen-bond acceptors (Lipinski definition) is 4. The minimum absolute atomic E-state index is 0.198. The Balaban J connectivity index is 1.88. The van der Waals surface area contributed by atoms with Gasteiger partial charge in [0.05, 0.1) is 15.3 Å². The van der Waals surface area contributed by atoms with Gasteiger partial charge in [-0.05, 0) is 48.9 Å². The Hall–Kier alpha value is -3.76. The first-order valence-corrected chi connectivity index (χ1v) is 11.3. The smallest absolute Gasteiger partial charge is 0.286 e. The molecule has 3 aromatic rings. The van der Waals surface area contributed by atoms with Crippen molar-refractivity contribution in [3.63, 3.8) is 0 Å². The molecule has 3 rings (SSSR count). The van der Waals surface area contributed by atoms with E-state index in [1.54, 1.807) is 36.5 Å². The Morgan fingerprint density at radius 1 is 1.00 bits per heavy atom. The molecule has 1 heterocycles. The summed E-state index contributed by atoms with van der Waals surface area (Å²) in [7, 11) is -3.03. The standard InChI is InChI=1S/C24H21N3O3S/c1-17-6-4-7-19(12-17)10-11-20-13-21(16-25-15-20)24(29)27-31(3,30)23-9-5-8-22(14-23)26-18(2)28/h4-9,12-16H,1-3H3,(H,26,28). The fourth-order valence-corrected chi connectivity index (χ4v) is 3.97. The molecule has 1 N–H and O–H groups in total. The summed E-state index contributed by atoms with van der Waals surface area (Å²) in [4.78, 5) is 28.3. The molecule has 1 atom stereocenters. The summed E-state index contributed by atoms with van der Waals surface area (Å²) < 4.78 is 17.0. The fraction of sp³-hybridized carbons (Fsp3) is 0.125. The van der Waals surface area contributed by atoms with E-state index in [1.807, 2.05) is 31.2 Å². The van der Waals surface area contributed by atoms with E-state index in [9.17, 15) is 13.8 Å². The quantitative estimate of drug-likeness (QED) is 0.634. The number of aryl methyl sites for hydroxylation is 1. The van der Waals surface area contributed by atoms with Gasteiger partial charge >= 0.3 is 0 Å². The number of rotatable bonds is 3. The lowest BCUT2D eigenvalue weighted by Gasteiger charge is -2.07. The molecule has 0 radical (unpaired) electrons. The SMILES string of the molecule is CC(=O)Nc1cccc(S(C)(=O)=NC(=O)c2cncc(C#Cc3cccc(C)c3)c2)c1. The number of nitrogens with zero attached hydrogens (tertiary/aromatic N) is 2. The van der Waals surface area contributed by atoms with Crippen LogP contribution < -0.4 is 5.32 Å². The van der Waals surface area contributed by atoms with E-state index in [0.717, 1.165) is 11.1 Å². The molecule has 156 valence electrons. The van der Waals surface area contributed by atoms with Crippen LogP contribution in [0, 0.1) is 18.8 Å². The maximum atomic E-state index is 13.1. The van der Waals surface area contributed by atoms with Crippen molar-refractivity contribution in [1.29, 1.82) is 0 Å². The molecule has 1 unspecified atom stereocenters. The number of nitrogens with one attached hydrogen (secondary N) is 1. The van der Waals surface area contributed by atoms with Crippen LogP contribution in [0.5, 0.6) is 0 Å². The third kappa shape index (κ3) is 6.11. The zero-order valence-corrected chi connectivity index (χ0v) is 18.2. The van der Waals surface area contributed by atoms with Crippen molar-refractivity contribution in [3.8, 4) is 11.8 Å². The molecule has 1 aromatic heterocycles. The van der Waals surface area contributed by atoms with E-state index in [1.165, 1.54) is 19.4 Å². The number of carbonyl (C=O) groups excluding carboxylic acids is 2. The van der Waals surface area contributed by atoms with Gasteiger partial charge in [-0.3, -0.25) is 14.6 Å². The van der Waals surface area contributed by atoms with E-state index in [-0.39, 0.29) is 11.5 Å². The van der Waals surface area contributed by atoms with Gasteiger partial charge in [-0.1, -0.05) is 30.0 Å². The molecule has 2 aromatic carbocycles. The maximum Gasteiger partial charge on any atom is 0.286 e. The van der Waals surface area contributed by atoms with E-state index in [4.69, 9.17) is 0 Å². The molecule has 0 aliphatic heterocycles. The molecule has 0 saturated carbocycles. The second-order valence-electron chi connectivity index (χ2n) is 6.99. The van der Waals surface area contributed by atoms with Gasteiger partial charge in [-0.2, -0.15) is 4.36 Å². The Kier molecular flexibility index (Phi) is 6.63. The number of carbonyl (C=O) groups is 2. The summed E-state index contributed by atoms with van der Waals surface area (Å²) >= 11 is 0. The third-order valence-corrected chi connectivity index (χ3v) is 5.85. The predicted molar refractivity (Wildman–Crippen MR) is 121 cm³/mol. The zero-order chi connectivity index (χ0) is 22.4. The van der Waals surface area contributed by atoms with Crippen LogP contribution in [-0.4, -0.2) is 27.3 Å². The minimum atomic E-state index is -3.03. The topological polar surface area (TPSA) is 88.5 Å². The van der Waals surface area contributed by atoms with Crippen molar-refractivity contribution in [2.75, 3.05) is 11.6 Å². The first kappa shape index (κ1) is 21.9. The van der Waals surface area contributed by atoms with Crippen LogP contribution in [0.2, 0.25) is 0 Å². The monoisotopic (exact) mass is 431 g/mol. The zero-order valence-electron chi connectivity index (χ0n) is 17.4. The highest BCUT2D eigenvalue weighted by Crippen LogP contribution is 2.18. The Bertz CT molecular complexity index is 1340. The maximum absolute atomic E-state index is 13.1. The number of amides is 2. The molecule has 0 spiro atoms. The van der Waals surface area contributed by atoms with E-state index in [2.05, 4.69) is 26.5 Å². The summed E-state index contributed by atoms with van der Waals surface area (Å²) in [6.45, 7) is 3.37. The lowest BCUT2D eigenvalue weighted by Crippen LogP contribution is -2.08. The largest absolute Gasteiger partial charge is 0.326 e. The van der Waals surface area contributed by atoms with Crippen LogP contribution in [0.15, 0.2) is 76.2 Å². The van der Waals surface area contributed by atoms with Crippen molar-refractivity contribution in [1.82, 2.24) is 4.98 Å². The molecular formula is C24H21N3O3S. The molecule has 31 heavy (non-hydrogen) atoms. The first-order chi connectivity index (χ1) is 14.7. The molecule has 0 aliphatic rings. The van der Waals surface area contributed by atoms with Gasteiger partial charge in [0.15, 0.2) is 0 Å². The average molecular weight is 432 g/mol. The van der Waals surface area contributed by atoms with Crippen LogP contribution >= 0.6 is 0 Å². The van der Waals surface area contributed by atoms with Gasteiger partial charge in [-0.25, -0.2) is 4.21 Å². The van der Waals surface area contributed by atoms with Crippen LogP contribution in [0.1, 0.15) is 34.0 Å². The van der Waals surface area contributed by atoms with Crippen molar-refractivity contribution >= 4 is 27.2 Å². The van der Waals surface area contributed by atoms with Crippen LogP contribution in [0.4, 0.5) is 5.69 Å². The lowest BCUT2D eigenvalue weighted by molar-refractivity contribution is -0.114. The van der Waals surface area contributed by atoms with Gasteiger partial charge in [-0.15, -0.1) is 0 Å². The fourth-order valence-electron chi connectivity index (χ4n) is 2.77. The Labute approximate surface area is 181 Å². The van der Waals surface area contributed by atoms with Crippen molar-refractivity contribution < 1.29 is 13.8 Å².